The van der Waals surface area contributed by atoms with E-state index in [2.05, 4.69) is 12.2 Å². The van der Waals surface area contributed by atoms with Crippen LogP contribution >= 0.6 is 0 Å². The third kappa shape index (κ3) is 4.43. The molecule has 0 amide bonds. The molecule has 0 spiro atoms. The normalized spacial score (nSPS) is 13.6. The standard InChI is InChI=1S/C15H21NO/c1-12(10-11-15(3,4)13(2)17)16-14-8-6-5-7-9-14/h5-12,16H,1-4H3/b11-10+. The molecule has 0 heterocycles. The van der Waals surface area contributed by atoms with Gasteiger partial charge in [-0.1, -0.05) is 30.4 Å². The predicted octanol–water partition coefficient (Wildman–Crippen LogP) is 3.66. The summed E-state index contributed by atoms with van der Waals surface area (Å²) in [5.41, 5.74) is 0.706. The Balaban J connectivity index is 2.59. The molecule has 0 aliphatic heterocycles. The van der Waals surface area contributed by atoms with Crippen molar-refractivity contribution in [3.63, 3.8) is 0 Å². The lowest BCUT2D eigenvalue weighted by Gasteiger charge is -2.17. The van der Waals surface area contributed by atoms with Crippen molar-refractivity contribution in [3.05, 3.63) is 42.5 Å². The van der Waals surface area contributed by atoms with Gasteiger partial charge in [0, 0.05) is 17.1 Å². The van der Waals surface area contributed by atoms with Crippen molar-refractivity contribution >= 4 is 11.5 Å². The molecule has 0 aromatic heterocycles. The lowest BCUT2D eigenvalue weighted by atomic mass is 9.88. The number of hydrogen-bond acceptors (Lipinski definition) is 2. The van der Waals surface area contributed by atoms with E-state index in [0.717, 1.165) is 5.69 Å². The third-order valence-electron chi connectivity index (χ3n) is 2.88. The van der Waals surface area contributed by atoms with Crippen molar-refractivity contribution in [1.82, 2.24) is 0 Å². The summed E-state index contributed by atoms with van der Waals surface area (Å²) in [6.07, 6.45) is 4.00. The third-order valence-corrected chi connectivity index (χ3v) is 2.88. The lowest BCUT2D eigenvalue weighted by molar-refractivity contribution is -0.122. The van der Waals surface area contributed by atoms with Crippen LogP contribution in [0.5, 0.6) is 0 Å². The number of Topliss-reactive ketones (excluding diaryl/α,β-unsaturated/α-hetero) is 1. The Morgan fingerprint density at radius 1 is 1.29 bits per heavy atom. The molecule has 0 saturated carbocycles. The first-order chi connectivity index (χ1) is 7.92. The monoisotopic (exact) mass is 231 g/mol. The molecular weight excluding hydrogens is 210 g/mol. The molecule has 0 radical (unpaired) electrons. The zero-order valence-electron chi connectivity index (χ0n) is 11.0. The number of ketones is 1. The molecule has 0 bridgehead atoms. The summed E-state index contributed by atoms with van der Waals surface area (Å²) >= 11 is 0. The molecule has 2 nitrogen and oxygen atoms in total. The van der Waals surface area contributed by atoms with E-state index in [1.807, 2.05) is 56.3 Å². The summed E-state index contributed by atoms with van der Waals surface area (Å²) in [7, 11) is 0. The van der Waals surface area contributed by atoms with Gasteiger partial charge in [-0.15, -0.1) is 0 Å². The van der Waals surface area contributed by atoms with Gasteiger partial charge in [0.15, 0.2) is 0 Å². The molecular formula is C15H21NO. The van der Waals surface area contributed by atoms with Crippen LogP contribution in [0.2, 0.25) is 0 Å². The van der Waals surface area contributed by atoms with Crippen molar-refractivity contribution in [2.24, 2.45) is 5.41 Å². The second-order valence-electron chi connectivity index (χ2n) is 4.94. The summed E-state index contributed by atoms with van der Waals surface area (Å²) in [6.45, 7) is 7.56. The zero-order valence-corrected chi connectivity index (χ0v) is 11.0. The van der Waals surface area contributed by atoms with Gasteiger partial charge in [0.2, 0.25) is 0 Å². The summed E-state index contributed by atoms with van der Waals surface area (Å²) in [4.78, 5) is 11.4. The first-order valence-electron chi connectivity index (χ1n) is 5.94. The minimum atomic E-state index is -0.382. The van der Waals surface area contributed by atoms with Crippen molar-refractivity contribution < 1.29 is 4.79 Å². The topological polar surface area (TPSA) is 29.1 Å². The van der Waals surface area contributed by atoms with Gasteiger partial charge in [0.05, 0.1) is 0 Å². The molecule has 17 heavy (non-hydrogen) atoms. The molecule has 92 valence electrons. The number of rotatable bonds is 5. The van der Waals surface area contributed by atoms with Gasteiger partial charge in [0.25, 0.3) is 0 Å². The summed E-state index contributed by atoms with van der Waals surface area (Å²) < 4.78 is 0. The molecule has 1 aromatic rings. The van der Waals surface area contributed by atoms with Crippen LogP contribution in [0.3, 0.4) is 0 Å². The highest BCUT2D eigenvalue weighted by Gasteiger charge is 2.19. The Bertz CT molecular complexity index is 393. The number of carbonyl (C=O) groups excluding carboxylic acids is 1. The van der Waals surface area contributed by atoms with Crippen LogP contribution < -0.4 is 5.32 Å². The molecule has 1 rings (SSSR count). The number of nitrogens with one attached hydrogen (secondary N) is 1. The highest BCUT2D eigenvalue weighted by molar-refractivity contribution is 5.83. The Morgan fingerprint density at radius 2 is 1.88 bits per heavy atom. The van der Waals surface area contributed by atoms with E-state index >= 15 is 0 Å². The summed E-state index contributed by atoms with van der Waals surface area (Å²) in [6, 6.07) is 10.2. The Hall–Kier alpha value is -1.57. The molecule has 0 aliphatic carbocycles. The van der Waals surface area contributed by atoms with E-state index in [1.165, 1.54) is 0 Å². The van der Waals surface area contributed by atoms with Gasteiger partial charge < -0.3 is 5.32 Å². The van der Waals surface area contributed by atoms with E-state index < -0.39 is 0 Å². The van der Waals surface area contributed by atoms with Gasteiger partial charge >= 0.3 is 0 Å². The molecule has 1 aromatic carbocycles. The SMILES string of the molecule is CC(=O)C(C)(C)/C=C/C(C)Nc1ccccc1. The summed E-state index contributed by atoms with van der Waals surface area (Å²) in [5, 5.41) is 3.36. The van der Waals surface area contributed by atoms with Crippen molar-refractivity contribution in [2.75, 3.05) is 5.32 Å². The molecule has 1 unspecified atom stereocenters. The number of benzene rings is 1. The minimum Gasteiger partial charge on any atom is -0.379 e. The van der Waals surface area contributed by atoms with E-state index in [9.17, 15) is 4.79 Å². The van der Waals surface area contributed by atoms with Crippen LogP contribution in [-0.2, 0) is 4.79 Å². The van der Waals surface area contributed by atoms with Crippen LogP contribution in [0.4, 0.5) is 5.69 Å². The number of para-hydroxylation sites is 1. The van der Waals surface area contributed by atoms with Gasteiger partial charge in [-0.3, -0.25) is 4.79 Å². The number of allylic oxidation sites excluding steroid dienone is 1. The van der Waals surface area contributed by atoms with E-state index in [-0.39, 0.29) is 17.2 Å². The van der Waals surface area contributed by atoms with E-state index in [4.69, 9.17) is 0 Å². The largest absolute Gasteiger partial charge is 0.379 e. The average Bonchev–Trinajstić information content (AvgIpc) is 2.28. The zero-order chi connectivity index (χ0) is 12.9. The first-order valence-corrected chi connectivity index (χ1v) is 5.94. The van der Waals surface area contributed by atoms with Gasteiger partial charge in [-0.2, -0.15) is 0 Å². The number of anilines is 1. The maximum Gasteiger partial charge on any atom is 0.139 e. The molecule has 0 saturated heterocycles. The number of hydrogen-bond donors (Lipinski definition) is 1. The fourth-order valence-corrected chi connectivity index (χ4v) is 1.35. The van der Waals surface area contributed by atoms with Crippen LogP contribution in [0.15, 0.2) is 42.5 Å². The predicted molar refractivity (Wildman–Crippen MR) is 73.1 cm³/mol. The van der Waals surface area contributed by atoms with Crippen molar-refractivity contribution in [2.45, 2.75) is 33.7 Å². The number of carbonyl (C=O) groups is 1. The first kappa shape index (κ1) is 13.5. The van der Waals surface area contributed by atoms with Crippen LogP contribution in [0.1, 0.15) is 27.7 Å². The summed E-state index contributed by atoms with van der Waals surface area (Å²) in [5.74, 6) is 0.181. The Morgan fingerprint density at radius 3 is 2.41 bits per heavy atom. The van der Waals surface area contributed by atoms with Gasteiger partial charge in [-0.05, 0) is 39.8 Å². The molecule has 1 atom stereocenters. The highest BCUT2D eigenvalue weighted by Crippen LogP contribution is 2.18. The second kappa shape index (κ2) is 5.67. The van der Waals surface area contributed by atoms with E-state index in [0.29, 0.717) is 0 Å². The fourth-order valence-electron chi connectivity index (χ4n) is 1.35. The van der Waals surface area contributed by atoms with Crippen molar-refractivity contribution in [1.29, 1.82) is 0 Å². The molecule has 2 heteroatoms. The Kier molecular flexibility index (Phi) is 4.50. The molecule has 0 fully saturated rings. The van der Waals surface area contributed by atoms with Crippen LogP contribution in [0.25, 0.3) is 0 Å². The van der Waals surface area contributed by atoms with Crippen LogP contribution in [0, 0.1) is 5.41 Å². The quantitative estimate of drug-likeness (QED) is 0.784. The highest BCUT2D eigenvalue weighted by atomic mass is 16.1. The molecule has 1 N–H and O–H groups in total. The minimum absolute atomic E-state index is 0.181. The van der Waals surface area contributed by atoms with Crippen molar-refractivity contribution in [3.8, 4) is 0 Å². The second-order valence-corrected chi connectivity index (χ2v) is 4.94. The Labute approximate surface area is 104 Å². The maximum atomic E-state index is 11.4. The average molecular weight is 231 g/mol. The fraction of sp³-hybridized carbons (Fsp3) is 0.400. The van der Waals surface area contributed by atoms with Crippen LogP contribution in [-0.4, -0.2) is 11.8 Å². The van der Waals surface area contributed by atoms with E-state index in [1.54, 1.807) is 6.92 Å². The maximum absolute atomic E-state index is 11.4. The van der Waals surface area contributed by atoms with Gasteiger partial charge in [0.1, 0.15) is 5.78 Å². The molecule has 0 aliphatic rings. The van der Waals surface area contributed by atoms with Gasteiger partial charge in [-0.25, -0.2) is 0 Å². The lowest BCUT2D eigenvalue weighted by Crippen LogP contribution is -2.20. The smallest absolute Gasteiger partial charge is 0.139 e.